The number of rotatable bonds is 7. The van der Waals surface area contributed by atoms with Crippen LogP contribution in [0.25, 0.3) is 0 Å². The van der Waals surface area contributed by atoms with Crippen LogP contribution in [0.5, 0.6) is 51.7 Å². The van der Waals surface area contributed by atoms with Gasteiger partial charge in [0.25, 0.3) is 0 Å². The Labute approximate surface area is 249 Å². The fourth-order valence-corrected chi connectivity index (χ4v) is 4.05. The van der Waals surface area contributed by atoms with E-state index in [0.717, 1.165) is 12.1 Å². The molecule has 1 saturated heterocycles. The van der Waals surface area contributed by atoms with E-state index in [1.54, 1.807) is 0 Å². The van der Waals surface area contributed by atoms with Crippen LogP contribution in [0.3, 0.4) is 0 Å². The number of ether oxygens (including phenoxy) is 4. The lowest BCUT2D eigenvalue weighted by atomic mass is 9.98. The van der Waals surface area contributed by atoms with E-state index >= 15 is 0 Å². The summed E-state index contributed by atoms with van der Waals surface area (Å²) in [5, 5.41) is 108. The fourth-order valence-electron chi connectivity index (χ4n) is 4.05. The van der Waals surface area contributed by atoms with Gasteiger partial charge in [0.2, 0.25) is 6.29 Å². The molecule has 0 bridgehead atoms. The summed E-state index contributed by atoms with van der Waals surface area (Å²) in [6.45, 7) is -0.918. The van der Waals surface area contributed by atoms with Crippen LogP contribution in [0.4, 0.5) is 0 Å². The van der Waals surface area contributed by atoms with Gasteiger partial charge in [-0.2, -0.15) is 0 Å². The number of carbonyl (C=O) groups excluding carboxylic acids is 3. The Hall–Kier alpha value is -5.85. The molecule has 0 radical (unpaired) electrons. The van der Waals surface area contributed by atoms with Crippen molar-refractivity contribution in [2.75, 3.05) is 6.61 Å². The van der Waals surface area contributed by atoms with Gasteiger partial charge in [-0.15, -0.1) is 0 Å². The van der Waals surface area contributed by atoms with E-state index in [1.807, 2.05) is 0 Å². The molecule has 1 aliphatic rings. The first-order chi connectivity index (χ1) is 21.1. The lowest BCUT2D eigenvalue weighted by molar-refractivity contribution is -0.284. The summed E-state index contributed by atoms with van der Waals surface area (Å²) in [5.74, 6) is -12.3. The van der Waals surface area contributed by atoms with Crippen molar-refractivity contribution in [3.05, 3.63) is 53.1 Å². The van der Waals surface area contributed by atoms with Crippen molar-refractivity contribution in [1.82, 2.24) is 0 Å². The standard InChI is InChI=1S/C27H24O18/c28-11-1-8(2-12(29)18(11)34)24(39)42-7-17-21(37)23(44-25(40)9-3-13(30)19(35)14(31)4-9)22(38)27(43-17)45-26(41)10-5-15(32)20(36)16(33)6-10/h1-6,17,21-23,27-38H,7H2/t17-,21-,22+,23+,27+/m1/s1. The van der Waals surface area contributed by atoms with Crippen molar-refractivity contribution in [2.45, 2.75) is 30.7 Å². The van der Waals surface area contributed by atoms with Gasteiger partial charge in [0.1, 0.15) is 18.8 Å². The number of hydrogen-bond donors (Lipinski definition) is 11. The number of phenolic OH excluding ortho intramolecular Hbond substituents is 9. The summed E-state index contributed by atoms with van der Waals surface area (Å²) < 4.78 is 20.6. The van der Waals surface area contributed by atoms with E-state index in [4.69, 9.17) is 18.9 Å². The van der Waals surface area contributed by atoms with Crippen LogP contribution in [0.15, 0.2) is 36.4 Å². The zero-order chi connectivity index (χ0) is 33.3. The molecule has 4 rings (SSSR count). The van der Waals surface area contributed by atoms with Gasteiger partial charge in [-0.05, 0) is 36.4 Å². The maximum absolute atomic E-state index is 12.8. The Morgan fingerprint density at radius 2 is 0.911 bits per heavy atom. The van der Waals surface area contributed by atoms with Gasteiger partial charge in [0.15, 0.2) is 64.0 Å². The van der Waals surface area contributed by atoms with Crippen molar-refractivity contribution >= 4 is 17.9 Å². The number of hydrogen-bond acceptors (Lipinski definition) is 18. The molecule has 0 saturated carbocycles. The van der Waals surface area contributed by atoms with Gasteiger partial charge < -0.3 is 75.1 Å². The summed E-state index contributed by atoms with van der Waals surface area (Å²) in [6, 6.07) is 4.20. The van der Waals surface area contributed by atoms with Gasteiger partial charge in [0.05, 0.1) is 16.7 Å². The molecule has 1 fully saturated rings. The van der Waals surface area contributed by atoms with Crippen molar-refractivity contribution in [3.63, 3.8) is 0 Å². The predicted molar refractivity (Wildman–Crippen MR) is 140 cm³/mol. The summed E-state index contributed by atoms with van der Waals surface area (Å²) >= 11 is 0. The van der Waals surface area contributed by atoms with Crippen LogP contribution in [-0.4, -0.2) is 111 Å². The van der Waals surface area contributed by atoms with Gasteiger partial charge in [0, 0.05) is 0 Å². The smallest absolute Gasteiger partial charge is 0.340 e. The van der Waals surface area contributed by atoms with E-state index in [1.165, 1.54) is 0 Å². The highest BCUT2D eigenvalue weighted by Gasteiger charge is 2.49. The average molecular weight is 636 g/mol. The van der Waals surface area contributed by atoms with Crippen molar-refractivity contribution in [3.8, 4) is 51.7 Å². The molecule has 18 heteroatoms. The maximum Gasteiger partial charge on any atom is 0.340 e. The molecule has 240 valence electrons. The summed E-state index contributed by atoms with van der Waals surface area (Å²) in [5.41, 5.74) is -1.62. The molecule has 0 amide bonds. The van der Waals surface area contributed by atoms with Crippen LogP contribution < -0.4 is 0 Å². The second-order valence-corrected chi connectivity index (χ2v) is 9.49. The van der Waals surface area contributed by atoms with E-state index in [9.17, 15) is 70.6 Å². The number of benzene rings is 3. The molecule has 0 spiro atoms. The van der Waals surface area contributed by atoms with Crippen LogP contribution in [0.2, 0.25) is 0 Å². The molecule has 0 aliphatic carbocycles. The lowest BCUT2D eigenvalue weighted by Gasteiger charge is -2.41. The van der Waals surface area contributed by atoms with E-state index in [0.29, 0.717) is 24.3 Å². The third-order valence-electron chi connectivity index (χ3n) is 6.40. The van der Waals surface area contributed by atoms with Crippen LogP contribution in [-0.2, 0) is 18.9 Å². The largest absolute Gasteiger partial charge is 0.504 e. The molecule has 18 nitrogen and oxygen atoms in total. The molecule has 1 aliphatic heterocycles. The minimum Gasteiger partial charge on any atom is -0.504 e. The Bertz CT molecular complexity index is 1580. The molecule has 5 atom stereocenters. The zero-order valence-corrected chi connectivity index (χ0v) is 22.3. The Balaban J connectivity index is 1.59. The molecule has 1 heterocycles. The first-order valence-electron chi connectivity index (χ1n) is 12.4. The number of carbonyl (C=O) groups is 3. The molecule has 45 heavy (non-hydrogen) atoms. The summed E-state index contributed by atoms with van der Waals surface area (Å²) in [7, 11) is 0. The second-order valence-electron chi connectivity index (χ2n) is 9.49. The van der Waals surface area contributed by atoms with Crippen molar-refractivity contribution in [2.24, 2.45) is 0 Å². The highest BCUT2D eigenvalue weighted by Crippen LogP contribution is 2.38. The number of aromatic hydroxyl groups is 9. The van der Waals surface area contributed by atoms with E-state index in [2.05, 4.69) is 0 Å². The molecule has 0 aromatic heterocycles. The van der Waals surface area contributed by atoms with Crippen molar-refractivity contribution < 1.29 is 89.5 Å². The SMILES string of the molecule is O=C(OC[C@H]1O[C@@H](OC(=O)c2cc(O)c(O)c(O)c2)[C@@H](O)[C@@H](OC(=O)c2cc(O)c(O)c(O)c2)[C@@H]1O)c1cc(O)c(O)c(O)c1. The topological polar surface area (TPSA) is 311 Å². The number of phenols is 9. The van der Waals surface area contributed by atoms with Crippen LogP contribution in [0, 0.1) is 0 Å². The molecule has 3 aromatic carbocycles. The monoisotopic (exact) mass is 636 g/mol. The average Bonchev–Trinajstić information content (AvgIpc) is 2.99. The van der Waals surface area contributed by atoms with Crippen LogP contribution in [0.1, 0.15) is 31.1 Å². The first-order valence-corrected chi connectivity index (χ1v) is 12.4. The van der Waals surface area contributed by atoms with E-state index < -0.39 is 124 Å². The summed E-state index contributed by atoms with van der Waals surface area (Å²) in [6.07, 6.45) is -10.2. The maximum atomic E-state index is 12.8. The number of esters is 3. The van der Waals surface area contributed by atoms with Crippen LogP contribution >= 0.6 is 0 Å². The zero-order valence-electron chi connectivity index (χ0n) is 22.3. The first kappa shape index (κ1) is 32.1. The molecular weight excluding hydrogens is 612 g/mol. The number of aliphatic hydroxyl groups is 2. The van der Waals surface area contributed by atoms with Crippen molar-refractivity contribution in [1.29, 1.82) is 0 Å². The Kier molecular flexibility index (Phi) is 8.84. The number of aliphatic hydroxyl groups excluding tert-OH is 2. The minimum absolute atomic E-state index is 0.474. The fraction of sp³-hybridized carbons (Fsp3) is 0.222. The lowest BCUT2D eigenvalue weighted by Crippen LogP contribution is -2.61. The Morgan fingerprint density at radius 3 is 1.31 bits per heavy atom. The van der Waals surface area contributed by atoms with Gasteiger partial charge in [-0.3, -0.25) is 0 Å². The van der Waals surface area contributed by atoms with E-state index in [-0.39, 0.29) is 0 Å². The molecule has 0 unspecified atom stereocenters. The highest BCUT2D eigenvalue weighted by molar-refractivity contribution is 5.92. The molecule has 11 N–H and O–H groups in total. The molecule has 3 aromatic rings. The minimum atomic E-state index is -2.19. The predicted octanol–water partition coefficient (Wildman–Crippen LogP) is -0.277. The van der Waals surface area contributed by atoms with Gasteiger partial charge in [-0.25, -0.2) is 14.4 Å². The van der Waals surface area contributed by atoms with Gasteiger partial charge >= 0.3 is 17.9 Å². The quantitative estimate of drug-likeness (QED) is 0.0902. The highest BCUT2D eigenvalue weighted by atomic mass is 16.7. The Morgan fingerprint density at radius 1 is 0.556 bits per heavy atom. The molecular formula is C27H24O18. The third-order valence-corrected chi connectivity index (χ3v) is 6.40. The third kappa shape index (κ3) is 6.56. The second kappa shape index (κ2) is 12.4. The normalized spacial score (nSPS) is 21.1. The summed E-state index contributed by atoms with van der Waals surface area (Å²) in [4.78, 5) is 38.1. The van der Waals surface area contributed by atoms with Gasteiger partial charge in [-0.1, -0.05) is 0 Å².